The summed E-state index contributed by atoms with van der Waals surface area (Å²) in [5.41, 5.74) is 7.82. The molecule has 2 nitrogen and oxygen atoms in total. The summed E-state index contributed by atoms with van der Waals surface area (Å²) < 4.78 is 13.0. The van der Waals surface area contributed by atoms with E-state index in [2.05, 4.69) is 104 Å². The molecule has 2 aromatic carbocycles. The van der Waals surface area contributed by atoms with Gasteiger partial charge in [0.05, 0.1) is 11.2 Å². The van der Waals surface area contributed by atoms with Crippen molar-refractivity contribution in [2.75, 3.05) is 10.7 Å². The van der Waals surface area contributed by atoms with E-state index in [0.29, 0.717) is 0 Å². The molecular weight excluding hydrogens is 586 g/mol. The van der Waals surface area contributed by atoms with Crippen molar-refractivity contribution in [1.82, 2.24) is 0 Å². The lowest BCUT2D eigenvalue weighted by Gasteiger charge is -2.33. The van der Waals surface area contributed by atoms with E-state index >= 15 is 0 Å². The van der Waals surface area contributed by atoms with Gasteiger partial charge in [-0.2, -0.15) is 0 Å². The Kier molecular flexibility index (Phi) is 9.80. The van der Waals surface area contributed by atoms with Crippen LogP contribution in [0.15, 0.2) is 36.4 Å². The van der Waals surface area contributed by atoms with E-state index in [-0.39, 0.29) is 23.7 Å². The summed E-state index contributed by atoms with van der Waals surface area (Å²) in [5.74, 6) is 0. The first-order chi connectivity index (χ1) is 17.6. The van der Waals surface area contributed by atoms with E-state index in [4.69, 9.17) is 9.31 Å². The van der Waals surface area contributed by atoms with Gasteiger partial charge >= 0.3 is 7.12 Å². The van der Waals surface area contributed by atoms with Crippen molar-refractivity contribution in [2.24, 2.45) is 0 Å². The molecule has 0 atom stereocenters. The van der Waals surface area contributed by atoms with Crippen LogP contribution < -0.4 is 10.9 Å². The van der Waals surface area contributed by atoms with Gasteiger partial charge in [-0.15, -0.1) is 0 Å². The maximum atomic E-state index is 6.49. The van der Waals surface area contributed by atoms with Gasteiger partial charge in [-0.05, 0) is 81.1 Å². The van der Waals surface area contributed by atoms with Crippen LogP contribution >= 0.6 is 31.9 Å². The third kappa shape index (κ3) is 6.13. The number of alkyl halides is 2. The summed E-state index contributed by atoms with van der Waals surface area (Å²) in [6.07, 6.45) is 12.7. The lowest BCUT2D eigenvalue weighted by Crippen LogP contribution is -2.41. The summed E-state index contributed by atoms with van der Waals surface area (Å²) in [6.45, 7) is 8.57. The van der Waals surface area contributed by atoms with E-state index in [1.807, 2.05) is 0 Å². The summed E-state index contributed by atoms with van der Waals surface area (Å²) in [6, 6.07) is 14.2. The van der Waals surface area contributed by atoms with Crippen LogP contribution in [0.1, 0.15) is 103 Å². The normalized spacial score (nSPS) is 18.7. The van der Waals surface area contributed by atoms with Gasteiger partial charge in [0.2, 0.25) is 0 Å². The Balaban J connectivity index is 1.73. The number of hydrogen-bond donors (Lipinski definition) is 0. The second-order valence-electron chi connectivity index (χ2n) is 12.2. The Hall–Kier alpha value is -0.550. The molecule has 2 aliphatic rings. The molecule has 2 aromatic rings. The highest BCUT2D eigenvalue weighted by Gasteiger charge is 2.52. The molecule has 1 saturated heterocycles. The summed E-state index contributed by atoms with van der Waals surface area (Å²) in [7, 11) is 1.92. The van der Waals surface area contributed by atoms with Crippen LogP contribution in [0.3, 0.4) is 0 Å². The van der Waals surface area contributed by atoms with Gasteiger partial charge in [-0.3, -0.25) is 0 Å². The molecule has 200 valence electrons. The SMILES string of the molecule is Bc1ccc2c(c1)C(CCCCCCBr)(CCCCCCBr)c1cc(B3OC(C)(C)C(C)(C)O3)ccc1-2. The van der Waals surface area contributed by atoms with Crippen molar-refractivity contribution >= 4 is 57.8 Å². The van der Waals surface area contributed by atoms with Gasteiger partial charge in [-0.25, -0.2) is 0 Å². The fourth-order valence-electron chi connectivity index (χ4n) is 6.17. The fraction of sp³-hybridized carbons (Fsp3) is 0.613. The van der Waals surface area contributed by atoms with Gasteiger partial charge in [-0.1, -0.05) is 112 Å². The minimum Gasteiger partial charge on any atom is -0.399 e. The summed E-state index contributed by atoms with van der Waals surface area (Å²) >= 11 is 7.23. The second-order valence-corrected chi connectivity index (χ2v) is 13.8. The van der Waals surface area contributed by atoms with Crippen LogP contribution in [0.2, 0.25) is 0 Å². The van der Waals surface area contributed by atoms with Crippen molar-refractivity contribution in [2.45, 2.75) is 109 Å². The lowest BCUT2D eigenvalue weighted by molar-refractivity contribution is 0.00578. The molecule has 1 aliphatic carbocycles. The molecule has 0 bridgehead atoms. The lowest BCUT2D eigenvalue weighted by atomic mass is 9.68. The Morgan fingerprint density at radius 1 is 0.676 bits per heavy atom. The molecule has 1 heterocycles. The molecule has 0 aromatic heterocycles. The monoisotopic (exact) mass is 628 g/mol. The summed E-state index contributed by atoms with van der Waals surface area (Å²) in [4.78, 5) is 0. The number of halogens is 2. The van der Waals surface area contributed by atoms with Crippen molar-refractivity contribution in [3.8, 4) is 11.1 Å². The molecule has 0 saturated carbocycles. The number of benzene rings is 2. The maximum Gasteiger partial charge on any atom is 0.494 e. The van der Waals surface area contributed by atoms with Gasteiger partial charge < -0.3 is 9.31 Å². The largest absolute Gasteiger partial charge is 0.494 e. The topological polar surface area (TPSA) is 18.5 Å². The Morgan fingerprint density at radius 3 is 1.70 bits per heavy atom. The van der Waals surface area contributed by atoms with Crippen LogP contribution in [0, 0.1) is 0 Å². The van der Waals surface area contributed by atoms with Gasteiger partial charge in [0.25, 0.3) is 0 Å². The zero-order valence-electron chi connectivity index (χ0n) is 23.6. The van der Waals surface area contributed by atoms with Gasteiger partial charge in [0, 0.05) is 16.1 Å². The van der Waals surface area contributed by atoms with E-state index in [9.17, 15) is 0 Å². The summed E-state index contributed by atoms with van der Waals surface area (Å²) in [5, 5.41) is 2.21. The zero-order valence-corrected chi connectivity index (χ0v) is 26.8. The number of hydrogen-bond acceptors (Lipinski definition) is 2. The predicted octanol–water partition coefficient (Wildman–Crippen LogP) is 7.20. The third-order valence-corrected chi connectivity index (χ3v) is 10.2. The molecule has 6 heteroatoms. The van der Waals surface area contributed by atoms with E-state index < -0.39 is 0 Å². The van der Waals surface area contributed by atoms with Crippen LogP contribution in [0.5, 0.6) is 0 Å². The van der Waals surface area contributed by atoms with Crippen molar-refractivity contribution < 1.29 is 9.31 Å². The first kappa shape index (κ1) is 29.4. The Labute approximate surface area is 243 Å². The fourth-order valence-corrected chi connectivity index (χ4v) is 6.96. The van der Waals surface area contributed by atoms with Gasteiger partial charge in [0.15, 0.2) is 0 Å². The van der Waals surface area contributed by atoms with E-state index in [1.165, 1.54) is 86.4 Å². The minimum absolute atomic E-state index is 0.0686. The molecule has 0 spiro atoms. The molecule has 1 fully saturated rings. The first-order valence-corrected chi connectivity index (χ1v) is 16.6. The molecule has 0 N–H and O–H groups in total. The van der Waals surface area contributed by atoms with Crippen LogP contribution in [-0.4, -0.2) is 36.8 Å². The van der Waals surface area contributed by atoms with Crippen LogP contribution in [0.4, 0.5) is 0 Å². The predicted molar refractivity (Wildman–Crippen MR) is 170 cm³/mol. The highest BCUT2D eigenvalue weighted by atomic mass is 79.9. The third-order valence-electron chi connectivity index (χ3n) is 9.04. The van der Waals surface area contributed by atoms with Crippen molar-refractivity contribution in [1.29, 1.82) is 0 Å². The first-order valence-electron chi connectivity index (χ1n) is 14.4. The van der Waals surface area contributed by atoms with Crippen LogP contribution in [-0.2, 0) is 14.7 Å². The average molecular weight is 630 g/mol. The van der Waals surface area contributed by atoms with Crippen molar-refractivity contribution in [3.63, 3.8) is 0 Å². The zero-order chi connectivity index (χ0) is 26.7. The maximum absolute atomic E-state index is 6.49. The number of fused-ring (bicyclic) bond motifs is 3. The van der Waals surface area contributed by atoms with Crippen molar-refractivity contribution in [3.05, 3.63) is 47.5 Å². The standard InChI is InChI=1S/C31H44B2Br2O2/c1-29(2)30(3,4)37-33(36-29)24-14-16-26-25-15-13-23(32)21-27(25)31(28(26)22-24,17-9-5-7-11-19-34)18-10-6-8-12-20-35/h13-16,21-22H,5-12,17-20,32H2,1-4H3. The Bertz CT molecular complexity index is 1040. The molecule has 37 heavy (non-hydrogen) atoms. The molecule has 0 amide bonds. The molecule has 1 aliphatic heterocycles. The second kappa shape index (κ2) is 12.3. The highest BCUT2D eigenvalue weighted by molar-refractivity contribution is 9.09. The highest BCUT2D eigenvalue weighted by Crippen LogP contribution is 2.54. The molecular formula is C31H44B2Br2O2. The molecule has 0 radical (unpaired) electrons. The number of rotatable bonds is 13. The van der Waals surface area contributed by atoms with E-state index in [1.54, 1.807) is 5.56 Å². The van der Waals surface area contributed by atoms with E-state index in [0.717, 1.165) is 16.1 Å². The Morgan fingerprint density at radius 2 is 1.16 bits per heavy atom. The smallest absolute Gasteiger partial charge is 0.399 e. The quantitative estimate of drug-likeness (QED) is 0.133. The minimum atomic E-state index is -0.335. The van der Waals surface area contributed by atoms with Crippen LogP contribution in [0.25, 0.3) is 11.1 Å². The van der Waals surface area contributed by atoms with Gasteiger partial charge in [0.1, 0.15) is 7.85 Å². The number of unbranched alkanes of at least 4 members (excludes halogenated alkanes) is 6. The molecule has 4 rings (SSSR count). The molecule has 0 unspecified atom stereocenters. The average Bonchev–Trinajstić information content (AvgIpc) is 3.24.